The minimum atomic E-state index is 0.617. The van der Waals surface area contributed by atoms with Gasteiger partial charge in [0.25, 0.3) is 0 Å². The van der Waals surface area contributed by atoms with Crippen LogP contribution in [-0.2, 0) is 0 Å². The van der Waals surface area contributed by atoms with E-state index < -0.39 is 0 Å². The third-order valence-electron chi connectivity index (χ3n) is 4.22. The van der Waals surface area contributed by atoms with E-state index >= 15 is 0 Å². The molecule has 1 aromatic heterocycles. The summed E-state index contributed by atoms with van der Waals surface area (Å²) >= 11 is 0. The maximum atomic E-state index is 4.30. The number of hydrogen-bond acceptors (Lipinski definition) is 3. The molecule has 1 heterocycles. The summed E-state index contributed by atoms with van der Waals surface area (Å²) in [6.45, 7) is 7.69. The lowest BCUT2D eigenvalue weighted by atomic mass is 9.93. The van der Waals surface area contributed by atoms with Crippen LogP contribution >= 0.6 is 0 Å². The zero-order chi connectivity index (χ0) is 13.0. The highest BCUT2D eigenvalue weighted by Gasteiger charge is 2.31. The van der Waals surface area contributed by atoms with E-state index in [0.29, 0.717) is 6.04 Å². The molecule has 3 atom stereocenters. The highest BCUT2D eigenvalue weighted by molar-refractivity contribution is 5.52. The van der Waals surface area contributed by atoms with Gasteiger partial charge in [-0.3, -0.25) is 0 Å². The Kier molecular flexibility index (Phi) is 4.45. The maximum absolute atomic E-state index is 4.30. The van der Waals surface area contributed by atoms with Crippen LogP contribution in [0.15, 0.2) is 18.3 Å². The highest BCUT2D eigenvalue weighted by atomic mass is 15.0. The molecule has 18 heavy (non-hydrogen) atoms. The molecule has 1 aliphatic rings. The normalized spacial score (nSPS) is 27.2. The molecule has 1 fully saturated rings. The van der Waals surface area contributed by atoms with Gasteiger partial charge in [-0.25, -0.2) is 4.98 Å². The minimum absolute atomic E-state index is 0.617. The third kappa shape index (κ3) is 2.95. The molecule has 0 radical (unpaired) electrons. The van der Waals surface area contributed by atoms with Crippen molar-refractivity contribution in [3.05, 3.63) is 18.3 Å². The van der Waals surface area contributed by atoms with Crippen LogP contribution in [0.1, 0.15) is 40.0 Å². The predicted molar refractivity (Wildman–Crippen MR) is 78.0 cm³/mol. The van der Waals surface area contributed by atoms with Gasteiger partial charge in [-0.05, 0) is 37.7 Å². The standard InChI is InChI=1S/C15H25N3/c1-4-12-6-7-14(11(12)3)18-13-8-9-17-15(10-13)16-5-2/h8-12,14H,4-7H2,1-3H3,(H2,16,17,18). The molecule has 100 valence electrons. The van der Waals surface area contributed by atoms with Crippen LogP contribution in [0.2, 0.25) is 0 Å². The van der Waals surface area contributed by atoms with Crippen LogP contribution in [0.5, 0.6) is 0 Å². The molecule has 0 aliphatic heterocycles. The molecule has 0 amide bonds. The predicted octanol–water partition coefficient (Wildman–Crippen LogP) is 3.75. The Labute approximate surface area is 110 Å². The van der Waals surface area contributed by atoms with Gasteiger partial charge >= 0.3 is 0 Å². The van der Waals surface area contributed by atoms with Crippen molar-refractivity contribution in [3.63, 3.8) is 0 Å². The third-order valence-corrected chi connectivity index (χ3v) is 4.22. The van der Waals surface area contributed by atoms with E-state index in [1.54, 1.807) is 0 Å². The van der Waals surface area contributed by atoms with E-state index in [0.717, 1.165) is 24.2 Å². The first-order chi connectivity index (χ1) is 8.74. The topological polar surface area (TPSA) is 37.0 Å². The lowest BCUT2D eigenvalue weighted by molar-refractivity contribution is 0.392. The highest BCUT2D eigenvalue weighted by Crippen LogP contribution is 2.35. The van der Waals surface area contributed by atoms with E-state index in [2.05, 4.69) is 48.5 Å². The summed E-state index contributed by atoms with van der Waals surface area (Å²) in [6.07, 6.45) is 5.83. The number of pyridine rings is 1. The van der Waals surface area contributed by atoms with Crippen molar-refractivity contribution in [1.29, 1.82) is 0 Å². The van der Waals surface area contributed by atoms with Gasteiger partial charge in [-0.2, -0.15) is 0 Å². The molecular weight excluding hydrogens is 222 g/mol. The Bertz CT molecular complexity index is 378. The average Bonchev–Trinajstić information content (AvgIpc) is 2.71. The maximum Gasteiger partial charge on any atom is 0.127 e. The van der Waals surface area contributed by atoms with Crippen LogP contribution in [0, 0.1) is 11.8 Å². The Morgan fingerprint density at radius 1 is 1.33 bits per heavy atom. The Hall–Kier alpha value is -1.25. The average molecular weight is 247 g/mol. The fourth-order valence-electron chi connectivity index (χ4n) is 3.04. The molecule has 1 aliphatic carbocycles. The minimum Gasteiger partial charge on any atom is -0.382 e. The number of rotatable bonds is 5. The van der Waals surface area contributed by atoms with Crippen LogP contribution in [0.25, 0.3) is 0 Å². The van der Waals surface area contributed by atoms with E-state index in [4.69, 9.17) is 0 Å². The second-order valence-electron chi connectivity index (χ2n) is 5.32. The fraction of sp³-hybridized carbons (Fsp3) is 0.667. The zero-order valence-corrected chi connectivity index (χ0v) is 11.7. The summed E-state index contributed by atoms with van der Waals surface area (Å²) in [5, 5.41) is 6.93. The van der Waals surface area contributed by atoms with Gasteiger partial charge in [-0.1, -0.05) is 20.3 Å². The molecule has 1 aromatic rings. The van der Waals surface area contributed by atoms with Gasteiger partial charge in [0.15, 0.2) is 0 Å². The van der Waals surface area contributed by atoms with Gasteiger partial charge in [0.2, 0.25) is 0 Å². The first-order valence-corrected chi connectivity index (χ1v) is 7.21. The Morgan fingerprint density at radius 2 is 2.17 bits per heavy atom. The number of aromatic nitrogens is 1. The van der Waals surface area contributed by atoms with E-state index in [-0.39, 0.29) is 0 Å². The molecule has 2 rings (SSSR count). The summed E-state index contributed by atoms with van der Waals surface area (Å²) in [6, 6.07) is 4.79. The smallest absolute Gasteiger partial charge is 0.127 e. The van der Waals surface area contributed by atoms with E-state index in [1.165, 1.54) is 24.9 Å². The molecule has 3 nitrogen and oxygen atoms in total. The molecule has 1 saturated carbocycles. The van der Waals surface area contributed by atoms with Crippen LogP contribution in [0.3, 0.4) is 0 Å². The second kappa shape index (κ2) is 6.07. The molecule has 0 spiro atoms. The van der Waals surface area contributed by atoms with E-state index in [1.807, 2.05) is 6.20 Å². The van der Waals surface area contributed by atoms with Crippen molar-refractivity contribution in [2.24, 2.45) is 11.8 Å². The van der Waals surface area contributed by atoms with Crippen molar-refractivity contribution < 1.29 is 0 Å². The Morgan fingerprint density at radius 3 is 2.83 bits per heavy atom. The fourth-order valence-corrected chi connectivity index (χ4v) is 3.04. The summed E-state index contributed by atoms with van der Waals surface area (Å²) < 4.78 is 0. The van der Waals surface area contributed by atoms with Gasteiger partial charge in [-0.15, -0.1) is 0 Å². The van der Waals surface area contributed by atoms with Gasteiger partial charge in [0.1, 0.15) is 5.82 Å². The van der Waals surface area contributed by atoms with Crippen LogP contribution in [-0.4, -0.2) is 17.6 Å². The van der Waals surface area contributed by atoms with Crippen LogP contribution < -0.4 is 10.6 Å². The first kappa shape index (κ1) is 13.2. The first-order valence-electron chi connectivity index (χ1n) is 7.21. The lowest BCUT2D eigenvalue weighted by Gasteiger charge is -2.22. The van der Waals surface area contributed by atoms with Crippen LogP contribution in [0.4, 0.5) is 11.5 Å². The molecule has 3 heteroatoms. The van der Waals surface area contributed by atoms with Gasteiger partial charge in [0.05, 0.1) is 0 Å². The van der Waals surface area contributed by atoms with Gasteiger partial charge < -0.3 is 10.6 Å². The molecule has 0 bridgehead atoms. The number of hydrogen-bond donors (Lipinski definition) is 2. The number of anilines is 2. The van der Waals surface area contributed by atoms with Crippen molar-refractivity contribution in [3.8, 4) is 0 Å². The number of nitrogens with one attached hydrogen (secondary N) is 2. The summed E-state index contributed by atoms with van der Waals surface area (Å²) in [5.74, 6) is 2.61. The quantitative estimate of drug-likeness (QED) is 0.832. The zero-order valence-electron chi connectivity index (χ0n) is 11.7. The SMILES string of the molecule is CCNc1cc(NC2CCC(CC)C2C)ccn1. The Balaban J connectivity index is 1.99. The van der Waals surface area contributed by atoms with Crippen molar-refractivity contribution >= 4 is 11.5 Å². The summed E-state index contributed by atoms with van der Waals surface area (Å²) in [7, 11) is 0. The van der Waals surface area contributed by atoms with Crippen molar-refractivity contribution in [2.75, 3.05) is 17.2 Å². The molecular formula is C15H25N3. The largest absolute Gasteiger partial charge is 0.382 e. The van der Waals surface area contributed by atoms with Gasteiger partial charge in [0, 0.05) is 30.5 Å². The lowest BCUT2D eigenvalue weighted by Crippen LogP contribution is -2.24. The molecule has 2 N–H and O–H groups in total. The monoisotopic (exact) mass is 247 g/mol. The summed E-state index contributed by atoms with van der Waals surface area (Å²) in [4.78, 5) is 4.30. The molecule has 0 aromatic carbocycles. The summed E-state index contributed by atoms with van der Waals surface area (Å²) in [5.41, 5.74) is 1.19. The molecule has 3 unspecified atom stereocenters. The van der Waals surface area contributed by atoms with E-state index in [9.17, 15) is 0 Å². The van der Waals surface area contributed by atoms with Crippen molar-refractivity contribution in [1.82, 2.24) is 4.98 Å². The number of nitrogens with zero attached hydrogens (tertiary/aromatic N) is 1. The van der Waals surface area contributed by atoms with Crippen molar-refractivity contribution in [2.45, 2.75) is 46.1 Å². The molecule has 0 saturated heterocycles. The second-order valence-corrected chi connectivity index (χ2v) is 5.32.